The molecule has 10 N–H and O–H groups in total. The smallest absolute Gasteiger partial charge is 0.327 e. The number of amides is 4. The van der Waals surface area contributed by atoms with Crippen LogP contribution in [0.1, 0.15) is 18.4 Å². The summed E-state index contributed by atoms with van der Waals surface area (Å²) in [7, 11) is 0. The highest BCUT2D eigenvalue weighted by molar-refractivity contribution is 7.80. The van der Waals surface area contributed by atoms with Gasteiger partial charge in [0.1, 0.15) is 24.2 Å². The van der Waals surface area contributed by atoms with E-state index in [1.807, 2.05) is 18.2 Å². The van der Waals surface area contributed by atoms with Crippen LogP contribution >= 0.6 is 12.6 Å². The van der Waals surface area contributed by atoms with Gasteiger partial charge in [0.2, 0.25) is 23.6 Å². The van der Waals surface area contributed by atoms with E-state index in [1.54, 1.807) is 12.3 Å². The van der Waals surface area contributed by atoms with Crippen molar-refractivity contribution >= 4 is 53.1 Å². The highest BCUT2D eigenvalue weighted by Gasteiger charge is 2.30. The molecule has 196 valence electrons. The van der Waals surface area contributed by atoms with Crippen molar-refractivity contribution in [1.82, 2.24) is 20.9 Å². The number of fused-ring (bicyclic) bond motifs is 1. The summed E-state index contributed by atoms with van der Waals surface area (Å²) in [5, 5.41) is 26.4. The Balaban J connectivity index is 2.31. The van der Waals surface area contributed by atoms with E-state index in [0.29, 0.717) is 5.56 Å². The first-order valence-electron chi connectivity index (χ1n) is 11.0. The third-order valence-electron chi connectivity index (χ3n) is 5.37. The van der Waals surface area contributed by atoms with Crippen molar-refractivity contribution in [2.24, 2.45) is 11.5 Å². The first-order valence-corrected chi connectivity index (χ1v) is 11.6. The number of carbonyl (C=O) groups is 5. The molecule has 0 aliphatic heterocycles. The van der Waals surface area contributed by atoms with Gasteiger partial charge in [-0.15, -0.1) is 0 Å². The van der Waals surface area contributed by atoms with E-state index in [-0.39, 0.29) is 25.0 Å². The van der Waals surface area contributed by atoms with Crippen LogP contribution in [-0.2, 0) is 30.4 Å². The second-order valence-electron chi connectivity index (χ2n) is 8.06. The van der Waals surface area contributed by atoms with Gasteiger partial charge in [0, 0.05) is 35.7 Å². The van der Waals surface area contributed by atoms with Crippen molar-refractivity contribution in [3.63, 3.8) is 0 Å². The summed E-state index contributed by atoms with van der Waals surface area (Å²) in [6.07, 6.45) is 1.19. The number of hydrogen-bond donors (Lipinski definition) is 9. The van der Waals surface area contributed by atoms with Crippen molar-refractivity contribution in [1.29, 1.82) is 0 Å². The van der Waals surface area contributed by atoms with E-state index in [1.165, 1.54) is 0 Å². The van der Waals surface area contributed by atoms with Crippen LogP contribution in [0.15, 0.2) is 30.5 Å². The van der Waals surface area contributed by atoms with Gasteiger partial charge in [-0.05, 0) is 18.1 Å². The summed E-state index contributed by atoms with van der Waals surface area (Å²) >= 11 is 3.94. The van der Waals surface area contributed by atoms with E-state index < -0.39 is 60.4 Å². The lowest BCUT2D eigenvalue weighted by molar-refractivity contribution is -0.141. The van der Waals surface area contributed by atoms with E-state index in [2.05, 4.69) is 33.6 Å². The highest BCUT2D eigenvalue weighted by Crippen LogP contribution is 2.19. The average Bonchev–Trinajstić information content (AvgIpc) is 3.26. The number of aliphatic carboxylic acids is 1. The molecule has 4 amide bonds. The van der Waals surface area contributed by atoms with E-state index in [9.17, 15) is 29.1 Å². The van der Waals surface area contributed by atoms with Crippen molar-refractivity contribution in [3.8, 4) is 0 Å². The lowest BCUT2D eigenvalue weighted by Gasteiger charge is -2.24. The number of rotatable bonds is 14. The van der Waals surface area contributed by atoms with Crippen molar-refractivity contribution < 1.29 is 34.2 Å². The molecule has 4 unspecified atom stereocenters. The lowest BCUT2D eigenvalue weighted by Crippen LogP contribution is -2.58. The molecule has 36 heavy (non-hydrogen) atoms. The fraction of sp³-hybridized carbons (Fsp3) is 0.409. The molecule has 4 atom stereocenters. The summed E-state index contributed by atoms with van der Waals surface area (Å²) in [6, 6.07) is 2.09. The van der Waals surface area contributed by atoms with Crippen LogP contribution in [-0.4, -0.2) is 81.3 Å². The molecule has 14 heteroatoms. The fourth-order valence-corrected chi connectivity index (χ4v) is 3.62. The summed E-state index contributed by atoms with van der Waals surface area (Å²) < 4.78 is 0. The number of carboxylic acid groups (broad SMARTS) is 1. The third kappa shape index (κ3) is 7.96. The summed E-state index contributed by atoms with van der Waals surface area (Å²) in [5.74, 6) is -4.68. The number of carbonyl (C=O) groups excluding carboxylic acids is 4. The van der Waals surface area contributed by atoms with Gasteiger partial charge >= 0.3 is 5.97 Å². The number of thiol groups is 1. The third-order valence-corrected chi connectivity index (χ3v) is 5.74. The normalized spacial score (nSPS) is 14.3. The molecule has 0 aliphatic rings. The van der Waals surface area contributed by atoms with Crippen LogP contribution in [0.2, 0.25) is 0 Å². The second kappa shape index (κ2) is 13.5. The van der Waals surface area contributed by atoms with Crippen molar-refractivity contribution in [3.05, 3.63) is 36.0 Å². The molecule has 0 spiro atoms. The van der Waals surface area contributed by atoms with Gasteiger partial charge in [-0.3, -0.25) is 19.2 Å². The number of H-pyrrole nitrogens is 1. The van der Waals surface area contributed by atoms with E-state index in [0.717, 1.165) is 10.9 Å². The minimum absolute atomic E-state index is 0.0207. The second-order valence-corrected chi connectivity index (χ2v) is 8.43. The highest BCUT2D eigenvalue weighted by atomic mass is 32.1. The molecule has 2 aromatic rings. The number of aliphatic hydroxyl groups excluding tert-OH is 1. The molecule has 2 rings (SSSR count). The summed E-state index contributed by atoms with van der Waals surface area (Å²) in [4.78, 5) is 64.0. The number of hydrogen-bond acceptors (Lipinski definition) is 8. The van der Waals surface area contributed by atoms with Crippen LogP contribution in [0.4, 0.5) is 0 Å². The van der Waals surface area contributed by atoms with Gasteiger partial charge in [-0.25, -0.2) is 4.79 Å². The fourth-order valence-electron chi connectivity index (χ4n) is 3.38. The Morgan fingerprint density at radius 2 is 1.58 bits per heavy atom. The number of benzene rings is 1. The topological polar surface area (TPSA) is 230 Å². The molecule has 0 saturated heterocycles. The molecule has 0 aliphatic carbocycles. The average molecular weight is 523 g/mol. The Hall–Kier alpha value is -3.62. The number of carboxylic acids is 1. The maximum absolute atomic E-state index is 13.1. The zero-order valence-electron chi connectivity index (χ0n) is 19.3. The van der Waals surface area contributed by atoms with E-state index in [4.69, 9.17) is 16.6 Å². The number of para-hydroxylation sites is 1. The number of aromatic nitrogens is 1. The Bertz CT molecular complexity index is 1110. The first kappa shape index (κ1) is 28.6. The molecule has 0 fully saturated rings. The number of aliphatic hydroxyl groups is 1. The molecular weight excluding hydrogens is 492 g/mol. The maximum Gasteiger partial charge on any atom is 0.327 e. The molecule has 0 saturated carbocycles. The predicted octanol–water partition coefficient (Wildman–Crippen LogP) is -2.24. The Morgan fingerprint density at radius 3 is 2.19 bits per heavy atom. The number of nitrogens with one attached hydrogen (secondary N) is 4. The quantitative estimate of drug-likeness (QED) is 0.123. The number of aromatic amines is 1. The number of primary amides is 1. The molecule has 0 radical (unpaired) electrons. The van der Waals surface area contributed by atoms with Gasteiger partial charge in [0.05, 0.1) is 6.61 Å². The van der Waals surface area contributed by atoms with E-state index >= 15 is 0 Å². The molecular formula is C22H30N6O7S. The SMILES string of the molecule is NC(=O)CCC(NC(=O)C(N)CO)C(=O)NC(Cc1c[nH]c2ccccc12)C(=O)NC(CS)C(=O)O. The van der Waals surface area contributed by atoms with Gasteiger partial charge in [0.15, 0.2) is 0 Å². The molecule has 1 heterocycles. The Kier molecular flexibility index (Phi) is 10.7. The van der Waals surface area contributed by atoms with Gasteiger partial charge < -0.3 is 42.6 Å². The zero-order chi connectivity index (χ0) is 26.8. The van der Waals surface area contributed by atoms with Crippen molar-refractivity contribution in [2.75, 3.05) is 12.4 Å². The Labute approximate surface area is 211 Å². The lowest BCUT2D eigenvalue weighted by atomic mass is 10.0. The summed E-state index contributed by atoms with van der Waals surface area (Å²) in [5.41, 5.74) is 12.1. The van der Waals surface area contributed by atoms with Gasteiger partial charge in [-0.1, -0.05) is 18.2 Å². The minimum atomic E-state index is -1.31. The monoisotopic (exact) mass is 522 g/mol. The molecule has 0 bridgehead atoms. The zero-order valence-corrected chi connectivity index (χ0v) is 20.2. The van der Waals surface area contributed by atoms with Crippen LogP contribution in [0.5, 0.6) is 0 Å². The predicted molar refractivity (Wildman–Crippen MR) is 133 cm³/mol. The summed E-state index contributed by atoms with van der Waals surface area (Å²) in [6.45, 7) is -0.679. The molecule has 1 aromatic heterocycles. The number of nitrogens with two attached hydrogens (primary N) is 2. The van der Waals surface area contributed by atoms with Gasteiger partial charge in [-0.2, -0.15) is 12.6 Å². The van der Waals surface area contributed by atoms with Crippen LogP contribution in [0, 0.1) is 0 Å². The molecule has 13 nitrogen and oxygen atoms in total. The van der Waals surface area contributed by atoms with Crippen LogP contribution in [0.25, 0.3) is 10.9 Å². The van der Waals surface area contributed by atoms with Crippen LogP contribution in [0.3, 0.4) is 0 Å². The minimum Gasteiger partial charge on any atom is -0.480 e. The standard InChI is InChI=1S/C22H30N6O7S/c23-13(9-29)19(31)26-15(5-6-18(24)30)20(32)27-16(21(33)28-17(10-36)22(34)35)7-11-8-25-14-4-2-1-3-12(11)14/h1-4,8,13,15-17,25,29,36H,5-7,9-10,23H2,(H2,24,30)(H,26,31)(H,27,32)(H,28,33)(H,34,35). The largest absolute Gasteiger partial charge is 0.480 e. The maximum atomic E-state index is 13.1. The van der Waals surface area contributed by atoms with Gasteiger partial charge in [0.25, 0.3) is 0 Å². The first-order chi connectivity index (χ1) is 17.1. The Morgan fingerprint density at radius 1 is 0.972 bits per heavy atom. The molecule has 1 aromatic carbocycles. The van der Waals surface area contributed by atoms with Crippen LogP contribution < -0.4 is 27.4 Å². The van der Waals surface area contributed by atoms with Crippen molar-refractivity contribution in [2.45, 2.75) is 43.4 Å².